The van der Waals surface area contributed by atoms with Crippen molar-refractivity contribution < 1.29 is 0 Å². The number of hydrogen-bond donors (Lipinski definition) is 0. The maximum atomic E-state index is 2.53. The van der Waals surface area contributed by atoms with Gasteiger partial charge in [0.05, 0.1) is 16.6 Å². The minimum Gasteiger partial charge on any atom is -0.308 e. The van der Waals surface area contributed by atoms with Crippen molar-refractivity contribution in [2.75, 3.05) is 0 Å². The summed E-state index contributed by atoms with van der Waals surface area (Å²) in [6, 6.07) is 54.8. The molecule has 220 valence electrons. The van der Waals surface area contributed by atoms with Crippen LogP contribution in [-0.2, 0) is 6.42 Å². The Kier molecular flexibility index (Phi) is 5.00. The third-order valence-electron chi connectivity index (χ3n) is 11.4. The summed E-state index contributed by atoms with van der Waals surface area (Å²) in [4.78, 5) is 0. The van der Waals surface area contributed by atoms with Crippen LogP contribution in [0, 0.1) is 0 Å². The lowest BCUT2D eigenvalue weighted by Crippen LogP contribution is -2.15. The minimum atomic E-state index is 0.378. The molecule has 7 aromatic carbocycles. The number of aromatic nitrogens is 1. The molecular formula is C46H31N. The van der Waals surface area contributed by atoms with Crippen molar-refractivity contribution >= 4 is 38.1 Å². The molecule has 0 aliphatic heterocycles. The van der Waals surface area contributed by atoms with Crippen LogP contribution in [0.1, 0.15) is 35.4 Å². The molecule has 2 atom stereocenters. The predicted molar refractivity (Wildman–Crippen MR) is 198 cm³/mol. The molecule has 0 saturated heterocycles. The summed E-state index contributed by atoms with van der Waals surface area (Å²) in [7, 11) is 0. The van der Waals surface area contributed by atoms with Gasteiger partial charge in [-0.1, -0.05) is 134 Å². The van der Waals surface area contributed by atoms with Gasteiger partial charge in [0.15, 0.2) is 0 Å². The third-order valence-corrected chi connectivity index (χ3v) is 11.4. The first-order chi connectivity index (χ1) is 23.2. The molecule has 2 aromatic heterocycles. The lowest BCUT2D eigenvalue weighted by molar-refractivity contribution is 0.575. The van der Waals surface area contributed by atoms with Gasteiger partial charge in [0.1, 0.15) is 0 Å². The number of hydrogen-bond acceptors (Lipinski definition) is 0. The lowest BCUT2D eigenvalue weighted by Gasteiger charge is -2.31. The fourth-order valence-electron chi connectivity index (χ4n) is 9.28. The Morgan fingerprint density at radius 2 is 1.17 bits per heavy atom. The molecule has 9 aromatic rings. The van der Waals surface area contributed by atoms with E-state index in [1.54, 1.807) is 0 Å². The van der Waals surface area contributed by atoms with Crippen LogP contribution in [-0.4, -0.2) is 4.40 Å². The number of nitrogens with zero attached hydrogens (tertiary/aromatic N) is 1. The first-order valence-corrected chi connectivity index (χ1v) is 16.9. The van der Waals surface area contributed by atoms with E-state index < -0.39 is 0 Å². The van der Waals surface area contributed by atoms with E-state index >= 15 is 0 Å². The predicted octanol–water partition coefficient (Wildman–Crippen LogP) is 12.3. The van der Waals surface area contributed by atoms with Crippen molar-refractivity contribution in [3.05, 3.63) is 162 Å². The van der Waals surface area contributed by atoms with E-state index in [-0.39, 0.29) is 0 Å². The van der Waals surface area contributed by atoms with Gasteiger partial charge in [-0.25, -0.2) is 0 Å². The Morgan fingerprint density at radius 1 is 0.468 bits per heavy atom. The molecule has 1 heteroatoms. The van der Waals surface area contributed by atoms with Crippen molar-refractivity contribution in [1.29, 1.82) is 0 Å². The Labute approximate surface area is 273 Å². The molecule has 11 rings (SSSR count). The van der Waals surface area contributed by atoms with Gasteiger partial charge in [-0.05, 0) is 97.7 Å². The second-order valence-corrected chi connectivity index (χ2v) is 13.7. The number of benzene rings is 7. The van der Waals surface area contributed by atoms with Crippen LogP contribution in [0.5, 0.6) is 0 Å². The summed E-state index contributed by atoms with van der Waals surface area (Å²) in [5.74, 6) is 0.809. The highest BCUT2D eigenvalue weighted by Gasteiger charge is 2.35. The molecule has 0 amide bonds. The van der Waals surface area contributed by atoms with Crippen LogP contribution in [0.4, 0.5) is 0 Å². The molecule has 0 N–H and O–H groups in total. The second kappa shape index (κ2) is 9.21. The standard InChI is InChI=1S/C46H31N/c1-27-39-25-30(31-22-23-37-36-12-5-7-16-43(36)47-44-17-8-6-13-38(44)45(31)46(37)47)19-21-34(39)32-14-9-15-33-41-24-29(28-10-3-2-4-11-28)18-20-35(41)40(27)26-42(32)33/h2-25,27,40H,26H2,1H3. The highest BCUT2D eigenvalue weighted by atomic mass is 14.9. The van der Waals surface area contributed by atoms with Gasteiger partial charge >= 0.3 is 0 Å². The van der Waals surface area contributed by atoms with E-state index in [2.05, 4.69) is 157 Å². The summed E-state index contributed by atoms with van der Waals surface area (Å²) in [6.45, 7) is 2.47. The largest absolute Gasteiger partial charge is 0.308 e. The molecular weight excluding hydrogens is 567 g/mol. The molecule has 2 aliphatic rings. The van der Waals surface area contributed by atoms with Crippen molar-refractivity contribution in [2.24, 2.45) is 0 Å². The molecule has 0 fully saturated rings. The summed E-state index contributed by atoms with van der Waals surface area (Å²) < 4.78 is 2.49. The van der Waals surface area contributed by atoms with Gasteiger partial charge in [-0.2, -0.15) is 0 Å². The van der Waals surface area contributed by atoms with Gasteiger partial charge in [-0.15, -0.1) is 0 Å². The van der Waals surface area contributed by atoms with Crippen LogP contribution in [0.2, 0.25) is 0 Å². The van der Waals surface area contributed by atoms with Gasteiger partial charge < -0.3 is 4.40 Å². The lowest BCUT2D eigenvalue weighted by atomic mass is 9.72. The molecule has 0 spiro atoms. The zero-order valence-corrected chi connectivity index (χ0v) is 26.2. The van der Waals surface area contributed by atoms with Gasteiger partial charge in [0.2, 0.25) is 0 Å². The molecule has 2 heterocycles. The number of para-hydroxylation sites is 2. The quantitative estimate of drug-likeness (QED) is 0.187. The SMILES string of the molecule is CC1c2cc(-c3ccc4c5ccccc5n5c6ccccc6c3c45)ccc2-c2cccc3c2CC1c1ccc(-c2ccccc2)cc1-3. The Balaban J connectivity index is 1.14. The third kappa shape index (κ3) is 3.34. The van der Waals surface area contributed by atoms with Gasteiger partial charge in [-0.3, -0.25) is 0 Å². The van der Waals surface area contributed by atoms with Crippen LogP contribution in [0.3, 0.4) is 0 Å². The van der Waals surface area contributed by atoms with E-state index in [1.807, 2.05) is 0 Å². The maximum Gasteiger partial charge on any atom is 0.0626 e. The van der Waals surface area contributed by atoms with Crippen LogP contribution in [0.15, 0.2) is 146 Å². The highest BCUT2D eigenvalue weighted by Crippen LogP contribution is 2.54. The molecule has 2 aliphatic carbocycles. The molecule has 0 radical (unpaired) electrons. The fraction of sp³-hybridized carbons (Fsp3) is 0.0870. The van der Waals surface area contributed by atoms with Crippen LogP contribution >= 0.6 is 0 Å². The average molecular weight is 598 g/mol. The highest BCUT2D eigenvalue weighted by molar-refractivity contribution is 6.27. The topological polar surface area (TPSA) is 4.41 Å². The van der Waals surface area contributed by atoms with Gasteiger partial charge in [0, 0.05) is 21.5 Å². The van der Waals surface area contributed by atoms with E-state index in [1.165, 1.54) is 99.3 Å². The summed E-state index contributed by atoms with van der Waals surface area (Å²) >= 11 is 0. The minimum absolute atomic E-state index is 0.378. The zero-order valence-electron chi connectivity index (χ0n) is 26.2. The number of rotatable bonds is 2. The Hall–Kier alpha value is -5.66. The summed E-state index contributed by atoms with van der Waals surface area (Å²) in [6.07, 6.45) is 1.08. The van der Waals surface area contributed by atoms with Crippen molar-refractivity contribution in [3.8, 4) is 44.5 Å². The molecule has 2 unspecified atom stereocenters. The van der Waals surface area contributed by atoms with Crippen molar-refractivity contribution in [1.82, 2.24) is 4.40 Å². The molecule has 1 nitrogen and oxygen atoms in total. The van der Waals surface area contributed by atoms with E-state index in [9.17, 15) is 0 Å². The Morgan fingerprint density at radius 3 is 2.02 bits per heavy atom. The fourth-order valence-corrected chi connectivity index (χ4v) is 9.28. The second-order valence-electron chi connectivity index (χ2n) is 13.7. The Bertz CT molecular complexity index is 2730. The van der Waals surface area contributed by atoms with E-state index in [4.69, 9.17) is 0 Å². The van der Waals surface area contributed by atoms with Crippen LogP contribution in [0.25, 0.3) is 82.6 Å². The first-order valence-electron chi connectivity index (χ1n) is 16.9. The first kappa shape index (κ1) is 25.5. The molecule has 2 bridgehead atoms. The monoisotopic (exact) mass is 597 g/mol. The summed E-state index contributed by atoms with van der Waals surface area (Å²) in [5.41, 5.74) is 19.1. The summed E-state index contributed by atoms with van der Waals surface area (Å²) in [5, 5.41) is 5.34. The van der Waals surface area contributed by atoms with E-state index in [0.717, 1.165) is 6.42 Å². The molecule has 47 heavy (non-hydrogen) atoms. The van der Waals surface area contributed by atoms with Crippen molar-refractivity contribution in [3.63, 3.8) is 0 Å². The normalized spacial score (nSPS) is 16.5. The zero-order chi connectivity index (χ0) is 30.8. The van der Waals surface area contributed by atoms with Gasteiger partial charge in [0.25, 0.3) is 0 Å². The van der Waals surface area contributed by atoms with Crippen molar-refractivity contribution in [2.45, 2.75) is 25.2 Å². The maximum absolute atomic E-state index is 2.53. The average Bonchev–Trinajstić information content (AvgIpc) is 3.63. The van der Waals surface area contributed by atoms with Crippen LogP contribution < -0.4 is 0 Å². The molecule has 0 saturated carbocycles. The van der Waals surface area contributed by atoms with E-state index in [0.29, 0.717) is 11.8 Å². The smallest absolute Gasteiger partial charge is 0.0626 e. The number of fused-ring (bicyclic) bond motifs is 12.